The summed E-state index contributed by atoms with van der Waals surface area (Å²) >= 11 is 0. The fourth-order valence-electron chi connectivity index (χ4n) is 4.85. The van der Waals surface area contributed by atoms with E-state index >= 15 is 0 Å². The second-order valence-corrected chi connectivity index (χ2v) is 10.9. The zero-order valence-corrected chi connectivity index (χ0v) is 21.3. The van der Waals surface area contributed by atoms with E-state index in [1.165, 1.54) is 7.11 Å². The molecule has 0 saturated carbocycles. The summed E-state index contributed by atoms with van der Waals surface area (Å²) in [6.45, 7) is 9.45. The molecule has 7 heteroatoms. The Balaban J connectivity index is 2.14. The summed E-state index contributed by atoms with van der Waals surface area (Å²) in [7, 11) is 3.10. The molecule has 0 aliphatic rings. The number of hydrogen-bond acceptors (Lipinski definition) is 3. The molecule has 1 unspecified atom stereocenters. The van der Waals surface area contributed by atoms with Crippen LogP contribution in [0.25, 0.3) is 10.9 Å². The molecule has 2 aromatic carbocycles. The van der Waals surface area contributed by atoms with E-state index in [9.17, 15) is 23.5 Å². The molecule has 0 bridgehead atoms. The molecule has 0 radical (unpaired) electrons. The Hall–Kier alpha value is -2.98. The quantitative estimate of drug-likeness (QED) is 0.429. The van der Waals surface area contributed by atoms with Gasteiger partial charge in [-0.1, -0.05) is 65.0 Å². The molecule has 35 heavy (non-hydrogen) atoms. The molecule has 0 fully saturated rings. The lowest BCUT2D eigenvalue weighted by Crippen LogP contribution is -2.51. The zero-order valence-electron chi connectivity index (χ0n) is 21.3. The van der Waals surface area contributed by atoms with Crippen molar-refractivity contribution in [1.82, 2.24) is 4.57 Å². The summed E-state index contributed by atoms with van der Waals surface area (Å²) < 4.78 is 50.7. The van der Waals surface area contributed by atoms with Crippen molar-refractivity contribution in [3.05, 3.63) is 64.8 Å². The largest absolute Gasteiger partial charge is 0.496 e. The van der Waals surface area contributed by atoms with Crippen LogP contribution in [-0.4, -0.2) is 28.6 Å². The van der Waals surface area contributed by atoms with Crippen LogP contribution in [0.15, 0.2) is 42.5 Å². The van der Waals surface area contributed by atoms with Gasteiger partial charge in [-0.25, -0.2) is 0 Å². The molecule has 1 heterocycles. The second-order valence-electron chi connectivity index (χ2n) is 10.9. The van der Waals surface area contributed by atoms with Gasteiger partial charge in [0.2, 0.25) is 0 Å². The molecular formula is C28H33F3N2O2. The molecule has 0 saturated heterocycles. The second kappa shape index (κ2) is 8.91. The van der Waals surface area contributed by atoms with Gasteiger partial charge in [-0.3, -0.25) is 0 Å². The maximum atomic E-state index is 14.5. The summed E-state index contributed by atoms with van der Waals surface area (Å²) in [4.78, 5) is 0. The third-order valence-corrected chi connectivity index (χ3v) is 6.86. The highest BCUT2D eigenvalue weighted by Crippen LogP contribution is 2.46. The van der Waals surface area contributed by atoms with Crippen LogP contribution in [0.3, 0.4) is 0 Å². The number of benzene rings is 2. The topological polar surface area (TPSA) is 58.2 Å². The number of rotatable bonds is 6. The monoisotopic (exact) mass is 486 g/mol. The standard InChI is InChI=1S/C28H33F3N2O2/c1-25(2,3)18-12-13-24(35-7)21(14-18)26(4,5)17-27(34,28(29,30)31)15-23-20(16-32)19-10-8-9-11-22(19)33(23)6/h8-14,34H,15,17H2,1-7H3. The van der Waals surface area contributed by atoms with Crippen molar-refractivity contribution < 1.29 is 23.0 Å². The molecule has 3 aromatic rings. The highest BCUT2D eigenvalue weighted by molar-refractivity contribution is 5.88. The molecule has 1 N–H and O–H groups in total. The first-order valence-corrected chi connectivity index (χ1v) is 11.5. The van der Waals surface area contributed by atoms with Gasteiger partial charge in [0, 0.05) is 35.6 Å². The van der Waals surface area contributed by atoms with Crippen LogP contribution < -0.4 is 4.74 Å². The third-order valence-electron chi connectivity index (χ3n) is 6.86. The highest BCUT2D eigenvalue weighted by Gasteiger charge is 2.56. The van der Waals surface area contributed by atoms with Gasteiger partial charge in [0.1, 0.15) is 11.8 Å². The molecule has 188 valence electrons. The van der Waals surface area contributed by atoms with Gasteiger partial charge in [0.25, 0.3) is 0 Å². The van der Waals surface area contributed by atoms with Gasteiger partial charge in [-0.05, 0) is 34.9 Å². The highest BCUT2D eigenvalue weighted by atomic mass is 19.4. The van der Waals surface area contributed by atoms with E-state index < -0.39 is 30.0 Å². The van der Waals surface area contributed by atoms with E-state index in [-0.39, 0.29) is 16.7 Å². The Morgan fingerprint density at radius 1 is 1.03 bits per heavy atom. The first-order valence-electron chi connectivity index (χ1n) is 11.5. The van der Waals surface area contributed by atoms with Crippen molar-refractivity contribution in [1.29, 1.82) is 5.26 Å². The van der Waals surface area contributed by atoms with E-state index in [0.29, 0.717) is 22.2 Å². The number of aryl methyl sites for hydroxylation is 1. The van der Waals surface area contributed by atoms with Gasteiger partial charge in [-0.2, -0.15) is 18.4 Å². The van der Waals surface area contributed by atoms with Crippen LogP contribution in [0.2, 0.25) is 0 Å². The zero-order chi connectivity index (χ0) is 26.4. The Morgan fingerprint density at radius 3 is 2.20 bits per heavy atom. The SMILES string of the molecule is COc1ccc(C(C)(C)C)cc1C(C)(C)CC(O)(Cc1c(C#N)c2ccccc2n1C)C(F)(F)F. The number of ether oxygens (including phenoxy) is 1. The fourth-order valence-corrected chi connectivity index (χ4v) is 4.85. The number of aliphatic hydroxyl groups is 1. The minimum Gasteiger partial charge on any atom is -0.496 e. The number of hydrogen-bond donors (Lipinski definition) is 1. The van der Waals surface area contributed by atoms with Gasteiger partial charge in [0.15, 0.2) is 5.60 Å². The Bertz CT molecular complexity index is 1280. The molecule has 1 aromatic heterocycles. The van der Waals surface area contributed by atoms with Crippen LogP contribution >= 0.6 is 0 Å². The molecule has 1 atom stereocenters. The van der Waals surface area contributed by atoms with Gasteiger partial charge in [-0.15, -0.1) is 0 Å². The van der Waals surface area contributed by atoms with Crippen LogP contribution in [-0.2, 0) is 24.3 Å². The van der Waals surface area contributed by atoms with Crippen LogP contribution in [0.5, 0.6) is 5.75 Å². The Kier molecular flexibility index (Phi) is 6.78. The first-order chi connectivity index (χ1) is 16.1. The summed E-state index contributed by atoms with van der Waals surface area (Å²) in [6, 6.07) is 14.5. The van der Waals surface area contributed by atoms with E-state index in [1.807, 2.05) is 32.9 Å². The maximum absolute atomic E-state index is 14.5. The average molecular weight is 487 g/mol. The van der Waals surface area contributed by atoms with Gasteiger partial charge >= 0.3 is 6.18 Å². The number of aromatic nitrogens is 1. The fraction of sp³-hybridized carbons (Fsp3) is 0.464. The van der Waals surface area contributed by atoms with Crippen molar-refractivity contribution in [3.63, 3.8) is 0 Å². The van der Waals surface area contributed by atoms with Crippen LogP contribution in [0, 0.1) is 11.3 Å². The number of halogens is 3. The van der Waals surface area contributed by atoms with Gasteiger partial charge in [0.05, 0.1) is 12.7 Å². The number of nitrogens with zero attached hydrogens (tertiary/aromatic N) is 2. The van der Waals surface area contributed by atoms with Crippen molar-refractivity contribution in [2.75, 3.05) is 7.11 Å². The van der Waals surface area contributed by atoms with Crippen LogP contribution in [0.1, 0.15) is 63.4 Å². The molecule has 3 rings (SSSR count). The smallest absolute Gasteiger partial charge is 0.417 e. The number of methoxy groups -OCH3 is 1. The Labute approximate surface area is 204 Å². The Morgan fingerprint density at radius 2 is 1.66 bits per heavy atom. The molecule has 4 nitrogen and oxygen atoms in total. The van der Waals surface area contributed by atoms with E-state index in [1.54, 1.807) is 55.8 Å². The summed E-state index contributed by atoms with van der Waals surface area (Å²) in [6.07, 6.45) is -6.28. The maximum Gasteiger partial charge on any atom is 0.417 e. The molecule has 0 aliphatic heterocycles. The molecule has 0 spiro atoms. The van der Waals surface area contributed by atoms with Crippen molar-refractivity contribution in [2.24, 2.45) is 7.05 Å². The third kappa shape index (κ3) is 4.90. The summed E-state index contributed by atoms with van der Waals surface area (Å²) in [5.74, 6) is 0.467. The van der Waals surface area contributed by atoms with Crippen LogP contribution in [0.4, 0.5) is 13.2 Å². The normalized spacial score (nSPS) is 14.6. The lowest BCUT2D eigenvalue weighted by molar-refractivity contribution is -0.266. The first kappa shape index (κ1) is 26.6. The predicted molar refractivity (Wildman–Crippen MR) is 132 cm³/mol. The predicted octanol–water partition coefficient (Wildman–Crippen LogP) is 6.56. The molecule has 0 aliphatic carbocycles. The molecule has 0 amide bonds. The number of para-hydroxylation sites is 1. The lowest BCUT2D eigenvalue weighted by atomic mass is 9.71. The van der Waals surface area contributed by atoms with Gasteiger partial charge < -0.3 is 14.4 Å². The number of fused-ring (bicyclic) bond motifs is 1. The van der Waals surface area contributed by atoms with E-state index in [4.69, 9.17) is 4.74 Å². The minimum atomic E-state index is -4.93. The van der Waals surface area contributed by atoms with Crippen molar-refractivity contribution in [3.8, 4) is 11.8 Å². The van der Waals surface area contributed by atoms with E-state index in [0.717, 1.165) is 5.56 Å². The molecular weight excluding hydrogens is 453 g/mol. The number of nitriles is 1. The minimum absolute atomic E-state index is 0.149. The average Bonchev–Trinajstić information content (AvgIpc) is 3.02. The number of alkyl halides is 3. The lowest BCUT2D eigenvalue weighted by Gasteiger charge is -2.39. The summed E-state index contributed by atoms with van der Waals surface area (Å²) in [5, 5.41) is 21.6. The summed E-state index contributed by atoms with van der Waals surface area (Å²) in [5.41, 5.74) is -1.91. The van der Waals surface area contributed by atoms with Crippen molar-refractivity contribution in [2.45, 2.75) is 70.1 Å². The van der Waals surface area contributed by atoms with Crippen molar-refractivity contribution >= 4 is 10.9 Å². The van der Waals surface area contributed by atoms with E-state index in [2.05, 4.69) is 6.07 Å².